The van der Waals surface area contributed by atoms with Crippen molar-refractivity contribution in [2.45, 2.75) is 64.6 Å². The Bertz CT molecular complexity index is 1190. The average Bonchev–Trinajstić information content (AvgIpc) is 2.92. The molecule has 2 aromatic rings. The van der Waals surface area contributed by atoms with E-state index in [1.165, 1.54) is 34.1 Å². The van der Waals surface area contributed by atoms with Gasteiger partial charge in [0, 0.05) is 43.3 Å². The second-order valence-corrected chi connectivity index (χ2v) is 10.9. The van der Waals surface area contributed by atoms with E-state index in [4.69, 9.17) is 5.73 Å². The minimum atomic E-state index is -1.30. The molecule has 0 spiro atoms. The molecule has 0 unspecified atom stereocenters. The standard InChI is InChI=1S/C30H40FN5O4/c1-5-15-35-16-17-36(28(39)27(35)38)30(3,4)29(40)34-25(19-21-9-7-6-8-10-21)24(32)18-20(2)26(37)33-23-13-11-22(31)12-14-23/h6-14,20,24-25H,5,15-19,32H2,1-4H3,(H,33,37)(H,34,40)/t20-,24+,25+/m1/s1. The number of hydrogen-bond acceptors (Lipinski definition) is 5. The third kappa shape index (κ3) is 7.65. The quantitative estimate of drug-likeness (QED) is 0.349. The number of piperazine rings is 1. The maximum atomic E-state index is 13.6. The predicted molar refractivity (Wildman–Crippen MR) is 152 cm³/mol. The van der Waals surface area contributed by atoms with Crippen LogP contribution in [0.1, 0.15) is 46.1 Å². The number of rotatable bonds is 12. The normalized spacial score (nSPS) is 16.4. The summed E-state index contributed by atoms with van der Waals surface area (Å²) in [5.74, 6) is -2.92. The van der Waals surface area contributed by atoms with Gasteiger partial charge in [0.25, 0.3) is 0 Å². The lowest BCUT2D eigenvalue weighted by Crippen LogP contribution is -2.66. The first-order valence-electron chi connectivity index (χ1n) is 13.7. The van der Waals surface area contributed by atoms with Crippen molar-refractivity contribution in [1.29, 1.82) is 0 Å². The first kappa shape index (κ1) is 30.7. The molecule has 0 bridgehead atoms. The molecule has 0 radical (unpaired) electrons. The van der Waals surface area contributed by atoms with Crippen molar-refractivity contribution in [3.8, 4) is 0 Å². The summed E-state index contributed by atoms with van der Waals surface area (Å²) in [6, 6.07) is 13.9. The zero-order valence-electron chi connectivity index (χ0n) is 23.7. The molecule has 0 saturated carbocycles. The first-order chi connectivity index (χ1) is 18.9. The number of anilines is 1. The third-order valence-corrected chi connectivity index (χ3v) is 7.35. The molecule has 1 saturated heterocycles. The minimum absolute atomic E-state index is 0.251. The number of benzene rings is 2. The number of hydrogen-bond donors (Lipinski definition) is 3. The summed E-state index contributed by atoms with van der Waals surface area (Å²) < 4.78 is 13.2. The summed E-state index contributed by atoms with van der Waals surface area (Å²) >= 11 is 0. The van der Waals surface area contributed by atoms with E-state index in [0.717, 1.165) is 12.0 Å². The summed E-state index contributed by atoms with van der Waals surface area (Å²) in [7, 11) is 0. The van der Waals surface area contributed by atoms with Crippen molar-refractivity contribution < 1.29 is 23.6 Å². The van der Waals surface area contributed by atoms with Gasteiger partial charge in [0.15, 0.2) is 0 Å². The molecule has 2 aromatic carbocycles. The molecule has 9 nitrogen and oxygen atoms in total. The van der Waals surface area contributed by atoms with Crippen LogP contribution in [0.3, 0.4) is 0 Å². The van der Waals surface area contributed by atoms with Crippen LogP contribution >= 0.6 is 0 Å². The molecule has 40 heavy (non-hydrogen) atoms. The van der Waals surface area contributed by atoms with Crippen LogP contribution in [0.4, 0.5) is 10.1 Å². The van der Waals surface area contributed by atoms with Gasteiger partial charge in [-0.25, -0.2) is 4.39 Å². The van der Waals surface area contributed by atoms with Crippen molar-refractivity contribution >= 4 is 29.3 Å². The monoisotopic (exact) mass is 553 g/mol. The lowest BCUT2D eigenvalue weighted by Gasteiger charge is -2.43. The van der Waals surface area contributed by atoms with E-state index < -0.39 is 47.1 Å². The summed E-state index contributed by atoms with van der Waals surface area (Å²) in [5.41, 5.74) is 6.72. The van der Waals surface area contributed by atoms with E-state index in [2.05, 4.69) is 10.6 Å². The van der Waals surface area contributed by atoms with E-state index in [1.54, 1.807) is 20.8 Å². The zero-order chi connectivity index (χ0) is 29.4. The molecule has 216 valence electrons. The number of nitrogens with one attached hydrogen (secondary N) is 2. The highest BCUT2D eigenvalue weighted by atomic mass is 19.1. The van der Waals surface area contributed by atoms with E-state index >= 15 is 0 Å². The Morgan fingerprint density at radius 2 is 1.68 bits per heavy atom. The number of carbonyl (C=O) groups excluding carboxylic acids is 4. The Morgan fingerprint density at radius 3 is 2.30 bits per heavy atom. The SMILES string of the molecule is CCCN1CCN(C(C)(C)C(=O)N[C@@H](Cc2ccccc2)[C@@H](N)C[C@@H](C)C(=O)Nc2ccc(F)cc2)C(=O)C1=O. The van der Waals surface area contributed by atoms with Crippen molar-refractivity contribution in [1.82, 2.24) is 15.1 Å². The highest BCUT2D eigenvalue weighted by Gasteiger charge is 2.44. The number of amides is 4. The molecule has 4 amide bonds. The van der Waals surface area contributed by atoms with Crippen LogP contribution in [0, 0.1) is 11.7 Å². The Hall–Kier alpha value is -3.79. The van der Waals surface area contributed by atoms with Crippen LogP contribution in [0.2, 0.25) is 0 Å². The van der Waals surface area contributed by atoms with Gasteiger partial charge in [-0.3, -0.25) is 19.2 Å². The zero-order valence-corrected chi connectivity index (χ0v) is 23.7. The molecule has 0 aliphatic carbocycles. The third-order valence-electron chi connectivity index (χ3n) is 7.35. The molecule has 0 aromatic heterocycles. The van der Waals surface area contributed by atoms with E-state index in [-0.39, 0.29) is 18.9 Å². The van der Waals surface area contributed by atoms with Crippen molar-refractivity contribution in [3.05, 3.63) is 66.0 Å². The molecule has 1 fully saturated rings. The number of nitrogens with two attached hydrogens (primary N) is 1. The molecule has 1 aliphatic heterocycles. The maximum Gasteiger partial charge on any atom is 0.313 e. The van der Waals surface area contributed by atoms with Gasteiger partial charge in [-0.15, -0.1) is 0 Å². The van der Waals surface area contributed by atoms with E-state index in [9.17, 15) is 23.6 Å². The fraction of sp³-hybridized carbons (Fsp3) is 0.467. The Kier molecular flexibility index (Phi) is 10.4. The van der Waals surface area contributed by atoms with Gasteiger partial charge in [-0.2, -0.15) is 0 Å². The fourth-order valence-electron chi connectivity index (χ4n) is 4.81. The second kappa shape index (κ2) is 13.5. The largest absolute Gasteiger partial charge is 0.349 e. The minimum Gasteiger partial charge on any atom is -0.349 e. The smallest absolute Gasteiger partial charge is 0.313 e. The summed E-state index contributed by atoms with van der Waals surface area (Å²) in [6.07, 6.45) is 1.41. The van der Waals surface area contributed by atoms with Gasteiger partial charge >= 0.3 is 11.8 Å². The molecular weight excluding hydrogens is 513 g/mol. The number of nitrogens with zero attached hydrogens (tertiary/aromatic N) is 2. The van der Waals surface area contributed by atoms with Crippen molar-refractivity contribution in [3.63, 3.8) is 0 Å². The molecule has 10 heteroatoms. The average molecular weight is 554 g/mol. The van der Waals surface area contributed by atoms with Gasteiger partial charge in [-0.05, 0) is 62.9 Å². The number of carbonyl (C=O) groups is 4. The second-order valence-electron chi connectivity index (χ2n) is 10.9. The van der Waals surface area contributed by atoms with Crippen molar-refractivity contribution in [2.75, 3.05) is 25.0 Å². The van der Waals surface area contributed by atoms with E-state index in [0.29, 0.717) is 25.2 Å². The topological polar surface area (TPSA) is 125 Å². The Morgan fingerprint density at radius 1 is 1.02 bits per heavy atom. The molecule has 1 aliphatic rings. The highest BCUT2D eigenvalue weighted by molar-refractivity contribution is 6.36. The molecule has 3 rings (SSSR count). The van der Waals surface area contributed by atoms with Gasteiger partial charge in [0.05, 0.1) is 0 Å². The Balaban J connectivity index is 1.72. The van der Waals surface area contributed by atoms with Gasteiger partial charge < -0.3 is 26.2 Å². The fourth-order valence-corrected chi connectivity index (χ4v) is 4.81. The summed E-state index contributed by atoms with van der Waals surface area (Å²) in [6.45, 7) is 8.02. The van der Waals surface area contributed by atoms with Crippen LogP contribution in [0.25, 0.3) is 0 Å². The highest BCUT2D eigenvalue weighted by Crippen LogP contribution is 2.21. The molecule has 4 N–H and O–H groups in total. The van der Waals surface area contributed by atoms with Crippen LogP contribution in [-0.2, 0) is 25.6 Å². The first-order valence-corrected chi connectivity index (χ1v) is 13.7. The van der Waals surface area contributed by atoms with Crippen LogP contribution in [-0.4, -0.2) is 70.7 Å². The van der Waals surface area contributed by atoms with Crippen LogP contribution in [0.15, 0.2) is 54.6 Å². The molecule has 3 atom stereocenters. The summed E-state index contributed by atoms with van der Waals surface area (Å²) in [4.78, 5) is 54.8. The Labute approximate surface area is 235 Å². The number of halogens is 1. The maximum absolute atomic E-state index is 13.6. The summed E-state index contributed by atoms with van der Waals surface area (Å²) in [5, 5.41) is 5.78. The van der Waals surface area contributed by atoms with Crippen molar-refractivity contribution in [2.24, 2.45) is 11.7 Å². The van der Waals surface area contributed by atoms with Crippen LogP contribution in [0.5, 0.6) is 0 Å². The lowest BCUT2D eigenvalue weighted by atomic mass is 9.90. The predicted octanol–water partition coefficient (Wildman–Crippen LogP) is 2.70. The van der Waals surface area contributed by atoms with Gasteiger partial charge in [-0.1, -0.05) is 44.2 Å². The van der Waals surface area contributed by atoms with E-state index in [1.807, 2.05) is 37.3 Å². The van der Waals surface area contributed by atoms with Crippen LogP contribution < -0.4 is 16.4 Å². The van der Waals surface area contributed by atoms with Gasteiger partial charge in [0.1, 0.15) is 11.4 Å². The molecular formula is C30H40FN5O4. The lowest BCUT2D eigenvalue weighted by molar-refractivity contribution is -0.162. The van der Waals surface area contributed by atoms with Gasteiger partial charge in [0.2, 0.25) is 11.8 Å². The molecule has 1 heterocycles.